The van der Waals surface area contributed by atoms with Crippen molar-refractivity contribution in [3.05, 3.63) is 47.1 Å². The Hall–Kier alpha value is -1.94. The third kappa shape index (κ3) is 3.29. The number of hydrogen-bond acceptors (Lipinski definition) is 4. The standard InChI is InChI=1S/C14H16ClN3O/c1-18(13-8-10(15)6-7-12(13)16)9-11-4-3-5-14(17-11)19-2/h3-8H,9,16H2,1-2H3. The summed E-state index contributed by atoms with van der Waals surface area (Å²) in [5.41, 5.74) is 8.43. The highest BCUT2D eigenvalue weighted by Gasteiger charge is 2.08. The lowest BCUT2D eigenvalue weighted by Gasteiger charge is -2.21. The number of methoxy groups -OCH3 is 1. The third-order valence-corrected chi connectivity index (χ3v) is 3.03. The lowest BCUT2D eigenvalue weighted by molar-refractivity contribution is 0.396. The van der Waals surface area contributed by atoms with Gasteiger partial charge in [0, 0.05) is 18.1 Å². The lowest BCUT2D eigenvalue weighted by Crippen LogP contribution is -2.18. The molecule has 100 valence electrons. The van der Waals surface area contributed by atoms with Crippen molar-refractivity contribution in [1.82, 2.24) is 4.98 Å². The summed E-state index contributed by atoms with van der Waals surface area (Å²) in [5.74, 6) is 0.602. The van der Waals surface area contributed by atoms with Gasteiger partial charge in [-0.1, -0.05) is 17.7 Å². The average molecular weight is 278 g/mol. The Kier molecular flexibility index (Phi) is 4.12. The minimum atomic E-state index is 0.602. The number of halogens is 1. The molecular weight excluding hydrogens is 262 g/mol. The molecule has 0 bridgehead atoms. The van der Waals surface area contributed by atoms with E-state index in [4.69, 9.17) is 22.1 Å². The first-order valence-corrected chi connectivity index (χ1v) is 6.24. The summed E-state index contributed by atoms with van der Waals surface area (Å²) in [6.07, 6.45) is 0. The fourth-order valence-electron chi connectivity index (χ4n) is 1.83. The van der Waals surface area contributed by atoms with Crippen molar-refractivity contribution in [2.75, 3.05) is 24.8 Å². The number of pyridine rings is 1. The monoisotopic (exact) mass is 277 g/mol. The zero-order valence-corrected chi connectivity index (χ0v) is 11.7. The molecule has 2 aromatic rings. The van der Waals surface area contributed by atoms with Crippen LogP contribution in [0.25, 0.3) is 0 Å². The quantitative estimate of drug-likeness (QED) is 0.873. The topological polar surface area (TPSA) is 51.4 Å². The first kappa shape index (κ1) is 13.5. The van der Waals surface area contributed by atoms with E-state index in [0.717, 1.165) is 11.4 Å². The Bertz CT molecular complexity index is 574. The van der Waals surface area contributed by atoms with Crippen LogP contribution < -0.4 is 15.4 Å². The van der Waals surface area contributed by atoms with Gasteiger partial charge in [-0.15, -0.1) is 0 Å². The number of rotatable bonds is 4. The molecular formula is C14H16ClN3O. The van der Waals surface area contributed by atoms with Crippen LogP contribution in [0.2, 0.25) is 5.02 Å². The molecule has 0 atom stereocenters. The van der Waals surface area contributed by atoms with E-state index in [2.05, 4.69) is 4.98 Å². The maximum Gasteiger partial charge on any atom is 0.213 e. The first-order valence-electron chi connectivity index (χ1n) is 5.86. The van der Waals surface area contributed by atoms with E-state index >= 15 is 0 Å². The molecule has 1 aromatic carbocycles. The molecule has 1 aromatic heterocycles. The van der Waals surface area contributed by atoms with Gasteiger partial charge in [0.2, 0.25) is 5.88 Å². The van der Waals surface area contributed by atoms with Gasteiger partial charge >= 0.3 is 0 Å². The highest BCUT2D eigenvalue weighted by Crippen LogP contribution is 2.27. The molecule has 5 heteroatoms. The molecule has 0 saturated carbocycles. The Morgan fingerprint density at radius 2 is 2.11 bits per heavy atom. The highest BCUT2D eigenvalue weighted by molar-refractivity contribution is 6.31. The average Bonchev–Trinajstić information content (AvgIpc) is 2.41. The number of hydrogen-bond donors (Lipinski definition) is 1. The fourth-order valence-corrected chi connectivity index (χ4v) is 2.00. The summed E-state index contributed by atoms with van der Waals surface area (Å²) in [6, 6.07) is 11.1. The van der Waals surface area contributed by atoms with Crippen molar-refractivity contribution in [1.29, 1.82) is 0 Å². The molecule has 0 aliphatic heterocycles. The molecule has 0 spiro atoms. The maximum absolute atomic E-state index is 5.99. The second-order valence-electron chi connectivity index (χ2n) is 4.23. The van der Waals surface area contributed by atoms with Gasteiger partial charge < -0.3 is 15.4 Å². The summed E-state index contributed by atoms with van der Waals surface area (Å²) >= 11 is 5.99. The van der Waals surface area contributed by atoms with Gasteiger partial charge in [-0.3, -0.25) is 0 Å². The van der Waals surface area contributed by atoms with Crippen LogP contribution in [0.1, 0.15) is 5.69 Å². The maximum atomic E-state index is 5.99. The minimum Gasteiger partial charge on any atom is -0.481 e. The van der Waals surface area contributed by atoms with Crippen molar-refractivity contribution in [3.8, 4) is 5.88 Å². The minimum absolute atomic E-state index is 0.602. The molecule has 0 amide bonds. The molecule has 0 aliphatic carbocycles. The lowest BCUT2D eigenvalue weighted by atomic mass is 10.2. The molecule has 0 saturated heterocycles. The Morgan fingerprint density at radius 1 is 1.32 bits per heavy atom. The Labute approximate surface area is 117 Å². The van der Waals surface area contributed by atoms with Crippen LogP contribution in [0, 0.1) is 0 Å². The van der Waals surface area contributed by atoms with E-state index in [9.17, 15) is 0 Å². The summed E-state index contributed by atoms with van der Waals surface area (Å²) in [5, 5.41) is 0.662. The summed E-state index contributed by atoms with van der Waals surface area (Å²) in [4.78, 5) is 6.37. The number of benzene rings is 1. The molecule has 2 N–H and O–H groups in total. The predicted molar refractivity (Wildman–Crippen MR) is 78.8 cm³/mol. The van der Waals surface area contributed by atoms with Crippen molar-refractivity contribution in [2.24, 2.45) is 0 Å². The summed E-state index contributed by atoms with van der Waals surface area (Å²) in [6.45, 7) is 0.627. The molecule has 0 aliphatic rings. The van der Waals surface area contributed by atoms with Gasteiger partial charge in [-0.25, -0.2) is 4.98 Å². The third-order valence-electron chi connectivity index (χ3n) is 2.79. The number of nitrogens with two attached hydrogens (primary N) is 1. The molecule has 2 rings (SSSR count). The van der Waals surface area contributed by atoms with Crippen molar-refractivity contribution in [2.45, 2.75) is 6.54 Å². The molecule has 19 heavy (non-hydrogen) atoms. The molecule has 0 fully saturated rings. The Morgan fingerprint density at radius 3 is 2.84 bits per heavy atom. The van der Waals surface area contributed by atoms with Crippen LogP contribution in [0.15, 0.2) is 36.4 Å². The van der Waals surface area contributed by atoms with E-state index < -0.39 is 0 Å². The number of aromatic nitrogens is 1. The molecule has 0 radical (unpaired) electrons. The van der Waals surface area contributed by atoms with Crippen molar-refractivity contribution in [3.63, 3.8) is 0 Å². The van der Waals surface area contributed by atoms with E-state index in [1.807, 2.05) is 36.2 Å². The zero-order valence-electron chi connectivity index (χ0n) is 10.9. The van der Waals surface area contributed by atoms with Crippen molar-refractivity contribution >= 4 is 23.0 Å². The van der Waals surface area contributed by atoms with E-state index in [1.165, 1.54) is 0 Å². The highest BCUT2D eigenvalue weighted by atomic mass is 35.5. The SMILES string of the molecule is COc1cccc(CN(C)c2cc(Cl)ccc2N)n1. The Balaban J connectivity index is 2.20. The second kappa shape index (κ2) is 5.80. The van der Waals surface area contributed by atoms with Crippen LogP contribution >= 0.6 is 11.6 Å². The van der Waals surface area contributed by atoms with Crippen LogP contribution in [0.4, 0.5) is 11.4 Å². The molecule has 4 nitrogen and oxygen atoms in total. The molecule has 1 heterocycles. The second-order valence-corrected chi connectivity index (χ2v) is 4.67. The number of nitrogens with zero attached hydrogens (tertiary/aromatic N) is 2. The van der Waals surface area contributed by atoms with Crippen molar-refractivity contribution < 1.29 is 4.74 Å². The van der Waals surface area contributed by atoms with Gasteiger partial charge in [0.15, 0.2) is 0 Å². The number of ether oxygens (including phenoxy) is 1. The largest absolute Gasteiger partial charge is 0.481 e. The summed E-state index contributed by atoms with van der Waals surface area (Å²) < 4.78 is 5.11. The van der Waals surface area contributed by atoms with Gasteiger partial charge in [0.05, 0.1) is 30.7 Å². The smallest absolute Gasteiger partial charge is 0.213 e. The van der Waals surface area contributed by atoms with Gasteiger partial charge in [0.25, 0.3) is 0 Å². The van der Waals surface area contributed by atoms with Crippen LogP contribution in [0.5, 0.6) is 5.88 Å². The van der Waals surface area contributed by atoms with E-state index in [-0.39, 0.29) is 0 Å². The number of nitrogen functional groups attached to an aromatic ring is 1. The van der Waals surface area contributed by atoms with Gasteiger partial charge in [-0.2, -0.15) is 0 Å². The predicted octanol–water partition coefficient (Wildman–Crippen LogP) is 2.96. The van der Waals surface area contributed by atoms with E-state index in [1.54, 1.807) is 19.2 Å². The first-order chi connectivity index (χ1) is 9.10. The van der Waals surface area contributed by atoms with Crippen LogP contribution in [-0.2, 0) is 6.54 Å². The van der Waals surface area contributed by atoms with Gasteiger partial charge in [-0.05, 0) is 24.3 Å². The fraction of sp³-hybridized carbons (Fsp3) is 0.214. The van der Waals surface area contributed by atoms with E-state index in [0.29, 0.717) is 23.1 Å². The van der Waals surface area contributed by atoms with Gasteiger partial charge in [0.1, 0.15) is 0 Å². The molecule has 0 unspecified atom stereocenters. The normalized spacial score (nSPS) is 10.3. The number of anilines is 2. The zero-order chi connectivity index (χ0) is 13.8. The van der Waals surface area contributed by atoms with Crippen LogP contribution in [0.3, 0.4) is 0 Å². The van der Waals surface area contributed by atoms with Crippen LogP contribution in [-0.4, -0.2) is 19.1 Å². The summed E-state index contributed by atoms with van der Waals surface area (Å²) in [7, 11) is 3.55.